The van der Waals surface area contributed by atoms with Crippen molar-refractivity contribution in [2.75, 3.05) is 13.7 Å². The van der Waals surface area contributed by atoms with Gasteiger partial charge in [-0.05, 0) is 23.8 Å². The van der Waals surface area contributed by atoms with Gasteiger partial charge in [-0.1, -0.05) is 24.3 Å². The number of carbonyl (C=O) groups excluding carboxylic acids is 1. The Labute approximate surface area is 134 Å². The zero-order valence-electron chi connectivity index (χ0n) is 13.0. The van der Waals surface area contributed by atoms with Crippen LogP contribution in [0.2, 0.25) is 0 Å². The van der Waals surface area contributed by atoms with Crippen LogP contribution in [0.5, 0.6) is 0 Å². The van der Waals surface area contributed by atoms with Gasteiger partial charge in [-0.3, -0.25) is 9.78 Å². The van der Waals surface area contributed by atoms with Crippen molar-refractivity contribution >= 4 is 16.8 Å². The molecule has 1 aromatic carbocycles. The molecule has 0 spiro atoms. The number of hydrogen-bond donors (Lipinski definition) is 1. The second kappa shape index (κ2) is 7.07. The van der Waals surface area contributed by atoms with Crippen molar-refractivity contribution < 1.29 is 9.53 Å². The maximum atomic E-state index is 12.6. The summed E-state index contributed by atoms with van der Waals surface area (Å²) in [5.41, 5.74) is 2.66. The van der Waals surface area contributed by atoms with E-state index >= 15 is 0 Å². The van der Waals surface area contributed by atoms with Gasteiger partial charge < -0.3 is 14.6 Å². The zero-order valence-corrected chi connectivity index (χ0v) is 13.0. The summed E-state index contributed by atoms with van der Waals surface area (Å²) in [6, 6.07) is 13.7. The Balaban J connectivity index is 1.84. The van der Waals surface area contributed by atoms with Crippen molar-refractivity contribution in [1.82, 2.24) is 14.9 Å². The summed E-state index contributed by atoms with van der Waals surface area (Å²) >= 11 is 0. The minimum absolute atomic E-state index is 0.0962. The molecule has 0 unspecified atom stereocenters. The quantitative estimate of drug-likeness (QED) is 0.761. The number of nitrogens with one attached hydrogen (secondary N) is 1. The van der Waals surface area contributed by atoms with Crippen molar-refractivity contribution in [1.29, 1.82) is 0 Å². The summed E-state index contributed by atoms with van der Waals surface area (Å²) in [4.78, 5) is 16.6. The van der Waals surface area contributed by atoms with E-state index in [9.17, 15) is 4.79 Å². The Morgan fingerprint density at radius 3 is 2.91 bits per heavy atom. The van der Waals surface area contributed by atoms with E-state index < -0.39 is 0 Å². The molecule has 0 bridgehead atoms. The fraction of sp³-hybridized carbons (Fsp3) is 0.222. The number of para-hydroxylation sites is 1. The van der Waals surface area contributed by atoms with E-state index in [4.69, 9.17) is 4.74 Å². The minimum Gasteiger partial charge on any atom is -0.383 e. The van der Waals surface area contributed by atoms with Crippen LogP contribution >= 0.6 is 0 Å². The number of carbonyl (C=O) groups is 1. The van der Waals surface area contributed by atoms with Crippen LogP contribution in [0, 0.1) is 0 Å². The van der Waals surface area contributed by atoms with Crippen LogP contribution in [0.15, 0.2) is 54.9 Å². The summed E-state index contributed by atoms with van der Waals surface area (Å²) in [5, 5.41) is 4.00. The zero-order chi connectivity index (χ0) is 16.1. The van der Waals surface area contributed by atoms with E-state index in [1.807, 2.05) is 47.0 Å². The number of amides is 1. The van der Waals surface area contributed by atoms with E-state index in [-0.39, 0.29) is 5.91 Å². The molecule has 3 rings (SSSR count). The number of aromatic nitrogens is 2. The summed E-state index contributed by atoms with van der Waals surface area (Å²) in [6.07, 6.45) is 3.47. The van der Waals surface area contributed by atoms with Gasteiger partial charge in [0.05, 0.1) is 6.61 Å². The molecule has 0 aliphatic rings. The van der Waals surface area contributed by atoms with Gasteiger partial charge in [0, 0.05) is 43.5 Å². The maximum Gasteiger partial charge on any atom is 0.268 e. The monoisotopic (exact) mass is 309 g/mol. The molecule has 0 fully saturated rings. The lowest BCUT2D eigenvalue weighted by Gasteiger charge is -2.10. The molecule has 2 aromatic heterocycles. The van der Waals surface area contributed by atoms with Crippen molar-refractivity contribution in [2.24, 2.45) is 0 Å². The third-order valence-corrected chi connectivity index (χ3v) is 3.74. The fourth-order valence-corrected chi connectivity index (χ4v) is 2.60. The molecule has 118 valence electrons. The molecular formula is C18H19N3O2. The highest BCUT2D eigenvalue weighted by Gasteiger charge is 2.15. The predicted molar refractivity (Wildman–Crippen MR) is 89.2 cm³/mol. The average molecular weight is 309 g/mol. The number of methoxy groups -OCH3 is 1. The van der Waals surface area contributed by atoms with Gasteiger partial charge >= 0.3 is 0 Å². The third-order valence-electron chi connectivity index (χ3n) is 3.74. The fourth-order valence-electron chi connectivity index (χ4n) is 2.60. The van der Waals surface area contributed by atoms with Gasteiger partial charge in [0.25, 0.3) is 5.91 Å². The molecule has 5 heteroatoms. The van der Waals surface area contributed by atoms with Gasteiger partial charge in [0.15, 0.2) is 0 Å². The molecule has 0 saturated carbocycles. The Kier molecular flexibility index (Phi) is 4.68. The predicted octanol–water partition coefficient (Wildman–Crippen LogP) is 2.61. The molecule has 3 aromatic rings. The number of ether oxygens (including phenoxy) is 1. The second-order valence-corrected chi connectivity index (χ2v) is 5.28. The summed E-state index contributed by atoms with van der Waals surface area (Å²) in [5.74, 6) is -0.0962. The van der Waals surface area contributed by atoms with Gasteiger partial charge in [-0.25, -0.2) is 0 Å². The van der Waals surface area contributed by atoms with Crippen molar-refractivity contribution in [3.05, 3.63) is 66.1 Å². The van der Waals surface area contributed by atoms with Crippen LogP contribution in [0.3, 0.4) is 0 Å². The highest BCUT2D eigenvalue weighted by atomic mass is 16.5. The van der Waals surface area contributed by atoms with E-state index in [0.717, 1.165) is 16.5 Å². The number of hydrogen-bond acceptors (Lipinski definition) is 3. The number of pyridine rings is 1. The molecule has 0 aliphatic heterocycles. The van der Waals surface area contributed by atoms with Crippen LogP contribution in [-0.2, 0) is 17.8 Å². The highest BCUT2D eigenvalue weighted by Crippen LogP contribution is 2.20. The highest BCUT2D eigenvalue weighted by molar-refractivity contribution is 5.98. The van der Waals surface area contributed by atoms with Crippen molar-refractivity contribution in [3.8, 4) is 0 Å². The number of benzene rings is 1. The molecule has 1 amide bonds. The Morgan fingerprint density at radius 1 is 1.26 bits per heavy atom. The van der Waals surface area contributed by atoms with E-state index in [2.05, 4.69) is 10.3 Å². The molecule has 0 aliphatic carbocycles. The molecule has 5 nitrogen and oxygen atoms in total. The number of nitrogens with zero attached hydrogens (tertiary/aromatic N) is 2. The standard InChI is InChI=1S/C18H19N3O2/c1-23-10-9-21-16-7-3-2-6-15(16)11-17(21)18(22)20-13-14-5-4-8-19-12-14/h2-8,11-12H,9-10,13H2,1H3,(H,20,22). The molecule has 0 atom stereocenters. The van der Waals surface area contributed by atoms with Crippen LogP contribution in [-0.4, -0.2) is 29.2 Å². The summed E-state index contributed by atoms with van der Waals surface area (Å²) in [7, 11) is 1.66. The molecule has 1 N–H and O–H groups in total. The third kappa shape index (κ3) is 3.40. The van der Waals surface area contributed by atoms with Gasteiger partial charge in [-0.2, -0.15) is 0 Å². The normalized spacial score (nSPS) is 10.8. The van der Waals surface area contributed by atoms with Crippen LogP contribution < -0.4 is 5.32 Å². The Bertz CT molecular complexity index is 796. The first-order valence-corrected chi connectivity index (χ1v) is 7.54. The first-order valence-electron chi connectivity index (χ1n) is 7.54. The molecular weight excluding hydrogens is 290 g/mol. The molecule has 0 saturated heterocycles. The van der Waals surface area contributed by atoms with Gasteiger partial charge in [-0.15, -0.1) is 0 Å². The number of rotatable bonds is 6. The van der Waals surface area contributed by atoms with Crippen LogP contribution in [0.1, 0.15) is 16.1 Å². The van der Waals surface area contributed by atoms with E-state index in [1.165, 1.54) is 0 Å². The smallest absolute Gasteiger partial charge is 0.268 e. The molecule has 23 heavy (non-hydrogen) atoms. The lowest BCUT2D eigenvalue weighted by Crippen LogP contribution is -2.26. The van der Waals surface area contributed by atoms with Crippen molar-refractivity contribution in [2.45, 2.75) is 13.1 Å². The van der Waals surface area contributed by atoms with Crippen molar-refractivity contribution in [3.63, 3.8) is 0 Å². The molecule has 0 radical (unpaired) electrons. The van der Waals surface area contributed by atoms with Gasteiger partial charge in [0.2, 0.25) is 0 Å². The minimum atomic E-state index is -0.0962. The first kappa shape index (κ1) is 15.2. The van der Waals surface area contributed by atoms with Gasteiger partial charge in [0.1, 0.15) is 5.69 Å². The van der Waals surface area contributed by atoms with E-state index in [1.54, 1.807) is 19.5 Å². The van der Waals surface area contributed by atoms with E-state index in [0.29, 0.717) is 25.4 Å². The Hall–Kier alpha value is -2.66. The van der Waals surface area contributed by atoms with Crippen LogP contribution in [0.25, 0.3) is 10.9 Å². The Morgan fingerprint density at radius 2 is 2.13 bits per heavy atom. The average Bonchev–Trinajstić information content (AvgIpc) is 2.97. The van der Waals surface area contributed by atoms with Crippen LogP contribution in [0.4, 0.5) is 0 Å². The lowest BCUT2D eigenvalue weighted by molar-refractivity contribution is 0.0939. The first-order chi connectivity index (χ1) is 11.3. The maximum absolute atomic E-state index is 12.6. The SMILES string of the molecule is COCCn1c(C(=O)NCc2cccnc2)cc2ccccc21. The summed E-state index contributed by atoms with van der Waals surface area (Å²) < 4.78 is 7.16. The number of fused-ring (bicyclic) bond motifs is 1. The second-order valence-electron chi connectivity index (χ2n) is 5.28. The largest absolute Gasteiger partial charge is 0.383 e. The topological polar surface area (TPSA) is 56.1 Å². The lowest BCUT2D eigenvalue weighted by atomic mass is 10.2. The summed E-state index contributed by atoms with van der Waals surface area (Å²) in [6.45, 7) is 1.65. The molecule has 2 heterocycles.